The van der Waals surface area contributed by atoms with E-state index in [1.807, 2.05) is 36.4 Å². The number of pyridine rings is 1. The van der Waals surface area contributed by atoms with Gasteiger partial charge in [-0.1, -0.05) is 18.2 Å². The Morgan fingerprint density at radius 3 is 2.91 bits per heavy atom. The molecule has 1 aromatic carbocycles. The predicted octanol–water partition coefficient (Wildman–Crippen LogP) is 1.21. The topological polar surface area (TPSA) is 92.4 Å². The van der Waals surface area contributed by atoms with E-state index in [1.54, 1.807) is 12.3 Å². The lowest BCUT2D eigenvalue weighted by Gasteiger charge is -2.18. The van der Waals surface area contributed by atoms with Crippen LogP contribution in [0.15, 0.2) is 53.7 Å². The molecule has 3 rings (SSSR count). The summed E-state index contributed by atoms with van der Waals surface area (Å²) in [6, 6.07) is 13.3. The van der Waals surface area contributed by atoms with Crippen molar-refractivity contribution in [2.45, 2.75) is 12.3 Å². The molecular weight excluding hydrogens is 290 g/mol. The van der Waals surface area contributed by atoms with Crippen molar-refractivity contribution in [1.82, 2.24) is 15.7 Å². The number of nitrogens with one attached hydrogen (secondary N) is 2. The molecular formula is C17H19N5O. The van der Waals surface area contributed by atoms with Crippen LogP contribution in [0.25, 0.3) is 0 Å². The van der Waals surface area contributed by atoms with Crippen molar-refractivity contribution in [3.63, 3.8) is 0 Å². The van der Waals surface area contributed by atoms with Crippen LogP contribution >= 0.6 is 0 Å². The van der Waals surface area contributed by atoms with Crippen LogP contribution in [0.1, 0.15) is 34.0 Å². The Morgan fingerprint density at radius 1 is 1.30 bits per heavy atom. The van der Waals surface area contributed by atoms with Crippen LogP contribution in [0, 0.1) is 0 Å². The number of hydrogen-bond acceptors (Lipinski definition) is 5. The molecule has 1 aliphatic rings. The first kappa shape index (κ1) is 15.2. The predicted molar refractivity (Wildman–Crippen MR) is 89.1 cm³/mol. The maximum atomic E-state index is 11.8. The van der Waals surface area contributed by atoms with E-state index in [1.165, 1.54) is 0 Å². The number of nitrogens with zero attached hydrogens (tertiary/aromatic N) is 2. The molecule has 0 bridgehead atoms. The highest BCUT2D eigenvalue weighted by Crippen LogP contribution is 2.27. The van der Waals surface area contributed by atoms with Gasteiger partial charge in [0.2, 0.25) is 0 Å². The normalized spacial score (nSPS) is 14.7. The molecule has 0 fully saturated rings. The van der Waals surface area contributed by atoms with Gasteiger partial charge in [-0.25, -0.2) is 5.84 Å². The van der Waals surface area contributed by atoms with E-state index >= 15 is 0 Å². The number of rotatable bonds is 5. The van der Waals surface area contributed by atoms with Gasteiger partial charge in [0, 0.05) is 36.3 Å². The number of amides is 1. The Kier molecular flexibility index (Phi) is 4.63. The van der Waals surface area contributed by atoms with E-state index in [2.05, 4.69) is 20.7 Å². The lowest BCUT2D eigenvalue weighted by molar-refractivity contribution is 0.0953. The summed E-state index contributed by atoms with van der Waals surface area (Å²) in [5.41, 5.74) is 4.67. The third-order valence-corrected chi connectivity index (χ3v) is 3.87. The molecule has 1 aromatic heterocycles. The number of carbonyl (C=O) groups is 1. The first-order chi connectivity index (χ1) is 11.3. The molecule has 118 valence electrons. The summed E-state index contributed by atoms with van der Waals surface area (Å²) >= 11 is 0. The van der Waals surface area contributed by atoms with Crippen LogP contribution in [0.3, 0.4) is 0 Å². The third-order valence-electron chi connectivity index (χ3n) is 3.87. The minimum absolute atomic E-state index is 0.0334. The average molecular weight is 309 g/mol. The zero-order chi connectivity index (χ0) is 16.1. The maximum Gasteiger partial charge on any atom is 0.265 e. The Labute approximate surface area is 134 Å². The van der Waals surface area contributed by atoms with Crippen LogP contribution in [0.5, 0.6) is 0 Å². The summed E-state index contributed by atoms with van der Waals surface area (Å²) in [6.45, 7) is 1.68. The van der Waals surface area contributed by atoms with Gasteiger partial charge in [0.15, 0.2) is 0 Å². The minimum Gasteiger partial charge on any atom is -0.372 e. The highest BCUT2D eigenvalue weighted by molar-refractivity contribution is 5.94. The second kappa shape index (κ2) is 7.02. The molecule has 0 radical (unpaired) electrons. The zero-order valence-electron chi connectivity index (χ0n) is 12.7. The summed E-state index contributed by atoms with van der Waals surface area (Å²) in [5.74, 6) is 5.94. The molecule has 6 nitrogen and oxygen atoms in total. The summed E-state index contributed by atoms with van der Waals surface area (Å²) in [5, 5.41) is 3.30. The summed E-state index contributed by atoms with van der Waals surface area (Å²) in [6.07, 6.45) is 2.51. The van der Waals surface area contributed by atoms with E-state index in [0.29, 0.717) is 5.56 Å². The number of hydrogen-bond donors (Lipinski definition) is 3. The molecule has 1 atom stereocenters. The molecule has 23 heavy (non-hydrogen) atoms. The lowest BCUT2D eigenvalue weighted by Crippen LogP contribution is -2.30. The van der Waals surface area contributed by atoms with Crippen LogP contribution in [0.2, 0.25) is 0 Å². The molecule has 1 unspecified atom stereocenters. The van der Waals surface area contributed by atoms with Gasteiger partial charge in [-0.2, -0.15) is 0 Å². The molecule has 2 aromatic rings. The van der Waals surface area contributed by atoms with Crippen molar-refractivity contribution in [2.75, 3.05) is 13.1 Å². The molecule has 4 N–H and O–H groups in total. The molecule has 0 spiro atoms. The first-order valence-electron chi connectivity index (χ1n) is 7.57. The fourth-order valence-electron chi connectivity index (χ4n) is 2.73. The molecule has 0 saturated heterocycles. The zero-order valence-corrected chi connectivity index (χ0v) is 12.7. The molecule has 2 heterocycles. The molecule has 0 aliphatic carbocycles. The first-order valence-corrected chi connectivity index (χ1v) is 7.57. The fourth-order valence-corrected chi connectivity index (χ4v) is 2.73. The van der Waals surface area contributed by atoms with E-state index in [4.69, 9.17) is 5.84 Å². The quantitative estimate of drug-likeness (QED) is 0.440. The number of carbonyl (C=O) groups excluding carboxylic acids is 1. The summed E-state index contributed by atoms with van der Waals surface area (Å²) in [4.78, 5) is 20.7. The SMILES string of the molecule is NNC(=O)c1cccc(C(CC2=NCCN2)c2ccccn2)c1. The minimum atomic E-state index is -0.303. The third kappa shape index (κ3) is 3.54. The number of aliphatic imine (C=N–C) groups is 1. The molecule has 1 amide bonds. The lowest BCUT2D eigenvalue weighted by atomic mass is 9.90. The number of nitrogen functional groups attached to an aromatic ring is 1. The smallest absolute Gasteiger partial charge is 0.265 e. The second-order valence-electron chi connectivity index (χ2n) is 5.37. The Morgan fingerprint density at radius 2 is 2.22 bits per heavy atom. The van der Waals surface area contributed by atoms with Gasteiger partial charge in [0.05, 0.1) is 12.4 Å². The van der Waals surface area contributed by atoms with Gasteiger partial charge < -0.3 is 5.32 Å². The van der Waals surface area contributed by atoms with Gasteiger partial charge >= 0.3 is 0 Å². The number of hydrazine groups is 1. The summed E-state index contributed by atoms with van der Waals surface area (Å²) in [7, 11) is 0. The van der Waals surface area contributed by atoms with Crippen LogP contribution in [-0.4, -0.2) is 29.8 Å². The van der Waals surface area contributed by atoms with Gasteiger partial charge in [0.1, 0.15) is 0 Å². The summed E-state index contributed by atoms with van der Waals surface area (Å²) < 4.78 is 0. The number of amidine groups is 1. The van der Waals surface area contributed by atoms with Crippen molar-refractivity contribution in [2.24, 2.45) is 10.8 Å². The van der Waals surface area contributed by atoms with Crippen molar-refractivity contribution in [3.8, 4) is 0 Å². The van der Waals surface area contributed by atoms with Crippen LogP contribution in [-0.2, 0) is 0 Å². The molecule has 0 saturated carbocycles. The number of nitrogens with two attached hydrogens (primary N) is 1. The monoisotopic (exact) mass is 309 g/mol. The standard InChI is InChI=1S/C17H19N5O/c18-22-17(23)13-5-3-4-12(10-13)14(11-16-20-8-9-21-16)15-6-1-2-7-19-15/h1-7,10,14H,8-9,11,18H2,(H,20,21)(H,22,23). The number of benzene rings is 1. The Balaban J connectivity index is 1.96. The van der Waals surface area contributed by atoms with Crippen LogP contribution < -0.4 is 16.6 Å². The van der Waals surface area contributed by atoms with Crippen molar-refractivity contribution in [1.29, 1.82) is 0 Å². The fraction of sp³-hybridized carbons (Fsp3) is 0.235. The second-order valence-corrected chi connectivity index (χ2v) is 5.37. The van der Waals surface area contributed by atoms with Crippen LogP contribution in [0.4, 0.5) is 0 Å². The molecule has 6 heteroatoms. The largest absolute Gasteiger partial charge is 0.372 e. The molecule has 1 aliphatic heterocycles. The van der Waals surface area contributed by atoms with Crippen molar-refractivity contribution >= 4 is 11.7 Å². The highest BCUT2D eigenvalue weighted by atomic mass is 16.2. The van der Waals surface area contributed by atoms with Gasteiger partial charge in [-0.05, 0) is 29.8 Å². The van der Waals surface area contributed by atoms with Crippen molar-refractivity contribution in [3.05, 3.63) is 65.5 Å². The maximum absolute atomic E-state index is 11.8. The van der Waals surface area contributed by atoms with E-state index in [-0.39, 0.29) is 11.8 Å². The Hall–Kier alpha value is -2.73. The van der Waals surface area contributed by atoms with Gasteiger partial charge in [0.25, 0.3) is 5.91 Å². The van der Waals surface area contributed by atoms with E-state index in [0.717, 1.165) is 36.6 Å². The van der Waals surface area contributed by atoms with E-state index in [9.17, 15) is 4.79 Å². The van der Waals surface area contributed by atoms with Crippen molar-refractivity contribution < 1.29 is 4.79 Å². The highest BCUT2D eigenvalue weighted by Gasteiger charge is 2.20. The Bertz CT molecular complexity index is 714. The van der Waals surface area contributed by atoms with E-state index < -0.39 is 0 Å². The average Bonchev–Trinajstić information content (AvgIpc) is 3.13. The number of aromatic nitrogens is 1. The van der Waals surface area contributed by atoms with Gasteiger partial charge in [-0.15, -0.1) is 0 Å². The van der Waals surface area contributed by atoms with Gasteiger partial charge in [-0.3, -0.25) is 20.2 Å².